The van der Waals surface area contributed by atoms with Gasteiger partial charge in [-0.15, -0.1) is 0 Å². The van der Waals surface area contributed by atoms with Crippen LogP contribution in [0.3, 0.4) is 0 Å². The third kappa shape index (κ3) is 3.93. The summed E-state index contributed by atoms with van der Waals surface area (Å²) in [6.45, 7) is 3.11. The Hall–Kier alpha value is -3.03. The minimum atomic E-state index is -3.01. The fourth-order valence-electron chi connectivity index (χ4n) is 4.55. The molecule has 8 nitrogen and oxygen atoms in total. The Morgan fingerprint density at radius 1 is 0.912 bits per heavy atom. The molecule has 0 N–H and O–H groups in total. The van der Waals surface area contributed by atoms with Crippen LogP contribution in [0.2, 0.25) is 0 Å². The number of nitrogens with zero attached hydrogens (tertiary/aromatic N) is 3. The van der Waals surface area contributed by atoms with Crippen LogP contribution >= 0.6 is 7.67 Å². The molecule has 2 fully saturated rings. The van der Waals surface area contributed by atoms with Gasteiger partial charge in [-0.2, -0.15) is 0 Å². The first-order chi connectivity index (χ1) is 16.5. The number of nitro groups is 1. The van der Waals surface area contributed by atoms with E-state index in [-0.39, 0.29) is 17.5 Å². The van der Waals surface area contributed by atoms with Crippen molar-refractivity contribution >= 4 is 13.4 Å². The van der Waals surface area contributed by atoms with E-state index in [1.54, 1.807) is 12.1 Å². The van der Waals surface area contributed by atoms with Gasteiger partial charge in [0.15, 0.2) is 0 Å². The molecule has 9 heteroatoms. The monoisotopic (exact) mass is 477 g/mol. The summed E-state index contributed by atoms with van der Waals surface area (Å²) < 4.78 is 29.7. The molecule has 0 saturated carbocycles. The molecule has 0 aromatic heterocycles. The van der Waals surface area contributed by atoms with Crippen LogP contribution < -0.4 is 4.74 Å². The van der Waals surface area contributed by atoms with Crippen molar-refractivity contribution in [2.45, 2.75) is 18.9 Å². The van der Waals surface area contributed by atoms with E-state index in [4.69, 9.17) is 9.26 Å². The van der Waals surface area contributed by atoms with Gasteiger partial charge in [0.25, 0.3) is 0 Å². The highest BCUT2D eigenvalue weighted by Gasteiger charge is 2.51. The lowest BCUT2D eigenvalue weighted by Gasteiger charge is -2.24. The van der Waals surface area contributed by atoms with E-state index in [2.05, 4.69) is 0 Å². The summed E-state index contributed by atoms with van der Waals surface area (Å²) in [5, 5.41) is 11.8. The van der Waals surface area contributed by atoms with Gasteiger partial charge in [-0.25, -0.2) is 9.34 Å². The Labute approximate surface area is 197 Å². The maximum atomic E-state index is 13.5. The van der Waals surface area contributed by atoms with Crippen molar-refractivity contribution in [1.82, 2.24) is 9.34 Å². The van der Waals surface area contributed by atoms with Crippen LogP contribution in [0, 0.1) is 10.1 Å². The number of ether oxygens (including phenoxy) is 1. The lowest BCUT2D eigenvalue weighted by atomic mass is 10.1. The van der Waals surface area contributed by atoms with Crippen LogP contribution in [0.1, 0.15) is 23.7 Å². The summed E-state index contributed by atoms with van der Waals surface area (Å²) in [6, 6.07) is 20.6. The Morgan fingerprint density at radius 2 is 1.62 bits per heavy atom. The molecule has 2 heterocycles. The Balaban J connectivity index is 1.33. The number of rotatable bonds is 8. The number of nitro benzene ring substituents is 1. The molecule has 0 unspecified atom stereocenters. The Kier molecular flexibility index (Phi) is 5.26. The smallest absolute Gasteiger partial charge is 0.346 e. The topological polar surface area (TPSA) is 84.7 Å². The molecule has 0 bridgehead atoms. The van der Waals surface area contributed by atoms with E-state index in [9.17, 15) is 14.7 Å². The van der Waals surface area contributed by atoms with Crippen LogP contribution in [0.15, 0.2) is 66.7 Å². The summed E-state index contributed by atoms with van der Waals surface area (Å²) in [5.41, 5.74) is 3.50. The number of hydrogen-bond acceptors (Lipinski definition) is 5. The van der Waals surface area contributed by atoms with Gasteiger partial charge in [-0.1, -0.05) is 42.5 Å². The molecule has 3 aromatic rings. The summed E-state index contributed by atoms with van der Waals surface area (Å²) in [5.74, 6) is 0.771. The Bertz CT molecular complexity index is 1290. The molecular weight excluding hydrogens is 453 g/mol. The molecule has 0 amide bonds. The van der Waals surface area contributed by atoms with E-state index in [0.717, 1.165) is 48.4 Å². The van der Waals surface area contributed by atoms with E-state index in [1.165, 1.54) is 6.07 Å². The quantitative estimate of drug-likeness (QED) is 0.176. The molecule has 2 aliphatic heterocycles. The second kappa shape index (κ2) is 8.32. The molecule has 3 aliphatic rings. The molecule has 2 saturated heterocycles. The van der Waals surface area contributed by atoms with Gasteiger partial charge in [0, 0.05) is 37.8 Å². The van der Waals surface area contributed by atoms with E-state index < -0.39 is 12.6 Å². The van der Waals surface area contributed by atoms with Gasteiger partial charge in [0.05, 0.1) is 11.0 Å². The van der Waals surface area contributed by atoms with Crippen molar-refractivity contribution in [3.8, 4) is 22.6 Å². The third-order valence-electron chi connectivity index (χ3n) is 6.46. The predicted molar refractivity (Wildman–Crippen MR) is 128 cm³/mol. The molecule has 3 aromatic carbocycles. The first kappa shape index (κ1) is 21.5. The average Bonchev–Trinajstić information content (AvgIpc) is 3.77. The van der Waals surface area contributed by atoms with Crippen molar-refractivity contribution < 1.29 is 18.7 Å². The van der Waals surface area contributed by atoms with Crippen molar-refractivity contribution in [1.29, 1.82) is 0 Å². The molecular formula is C25H24N3O5P. The summed E-state index contributed by atoms with van der Waals surface area (Å²) in [6.07, 6.45) is 0.804. The van der Waals surface area contributed by atoms with Crippen LogP contribution in [0.25, 0.3) is 11.1 Å². The van der Waals surface area contributed by atoms with Crippen LogP contribution in [-0.4, -0.2) is 40.4 Å². The largest absolute Gasteiger partial charge is 0.450 e. The van der Waals surface area contributed by atoms with Gasteiger partial charge in [0.2, 0.25) is 5.75 Å². The molecule has 6 rings (SSSR count). The summed E-state index contributed by atoms with van der Waals surface area (Å²) >= 11 is 0. The van der Waals surface area contributed by atoms with Crippen molar-refractivity contribution in [3.63, 3.8) is 0 Å². The van der Waals surface area contributed by atoms with E-state index >= 15 is 0 Å². The standard InChI is InChI=1S/C25H24N3O5P/c29-28(30)23-11-9-21-22(10-12-24(21)33-34(31,26-13-14-26)27-15-16-27)25(23)32-20-8-4-7-19(17-20)18-5-2-1-3-6-18/h1-9,11,17,24H,10,12-16H2/t24-/m1/s1. The number of fused-ring (bicyclic) bond motifs is 1. The van der Waals surface area contributed by atoms with Crippen molar-refractivity contribution in [3.05, 3.63) is 88.0 Å². The molecule has 1 aliphatic carbocycles. The third-order valence-corrected chi connectivity index (χ3v) is 9.22. The highest BCUT2D eigenvalue weighted by Crippen LogP contribution is 2.64. The molecule has 0 spiro atoms. The SMILES string of the molecule is O=[N+]([O-])c1ccc2c(c1Oc1cccc(-c3ccccc3)c1)CC[C@H]2OP(=O)(N1CC1)N1CC1. The first-order valence-corrected chi connectivity index (χ1v) is 13.0. The van der Waals surface area contributed by atoms with Crippen LogP contribution in [0.4, 0.5) is 5.69 Å². The molecule has 1 atom stereocenters. The Morgan fingerprint density at radius 3 is 2.29 bits per heavy atom. The van der Waals surface area contributed by atoms with Gasteiger partial charge < -0.3 is 4.74 Å². The van der Waals surface area contributed by atoms with Crippen LogP contribution in [0.5, 0.6) is 11.5 Å². The minimum Gasteiger partial charge on any atom is -0.450 e. The normalized spacial score (nSPS) is 19.6. The zero-order valence-electron chi connectivity index (χ0n) is 18.5. The second-order valence-corrected chi connectivity index (χ2v) is 11.1. The van der Waals surface area contributed by atoms with Crippen molar-refractivity contribution in [2.75, 3.05) is 26.2 Å². The summed E-state index contributed by atoms with van der Waals surface area (Å²) in [7, 11) is -3.01. The first-order valence-electron chi connectivity index (χ1n) is 11.5. The van der Waals surface area contributed by atoms with Crippen molar-refractivity contribution in [2.24, 2.45) is 0 Å². The fourth-order valence-corrected chi connectivity index (χ4v) is 6.91. The highest BCUT2D eigenvalue weighted by molar-refractivity contribution is 7.54. The maximum Gasteiger partial charge on any atom is 0.346 e. The van der Waals surface area contributed by atoms with Crippen LogP contribution in [-0.2, 0) is 15.5 Å². The zero-order valence-corrected chi connectivity index (χ0v) is 19.4. The maximum absolute atomic E-state index is 13.5. The fraction of sp³-hybridized carbons (Fsp3) is 0.280. The zero-order chi connectivity index (χ0) is 23.3. The van der Waals surface area contributed by atoms with E-state index in [0.29, 0.717) is 18.6 Å². The van der Waals surface area contributed by atoms with Gasteiger partial charge in [0.1, 0.15) is 5.75 Å². The number of hydrogen-bond donors (Lipinski definition) is 0. The van der Waals surface area contributed by atoms with Gasteiger partial charge >= 0.3 is 13.4 Å². The molecule has 174 valence electrons. The van der Waals surface area contributed by atoms with Gasteiger partial charge in [-0.3, -0.25) is 19.2 Å². The predicted octanol–water partition coefficient (Wildman–Crippen LogP) is 5.80. The lowest BCUT2D eigenvalue weighted by Crippen LogP contribution is -2.11. The highest BCUT2D eigenvalue weighted by atomic mass is 31.2. The number of benzene rings is 3. The van der Waals surface area contributed by atoms with Gasteiger partial charge in [-0.05, 0) is 47.7 Å². The molecule has 34 heavy (non-hydrogen) atoms. The average molecular weight is 477 g/mol. The van der Waals surface area contributed by atoms with E-state index in [1.807, 2.05) is 57.9 Å². The lowest BCUT2D eigenvalue weighted by molar-refractivity contribution is -0.385. The molecule has 0 radical (unpaired) electrons. The second-order valence-electron chi connectivity index (χ2n) is 8.77. The minimum absolute atomic E-state index is 0.0791. The summed E-state index contributed by atoms with van der Waals surface area (Å²) in [4.78, 5) is 11.4.